The van der Waals surface area contributed by atoms with Crippen LogP contribution < -0.4 is 21.7 Å². The predicted molar refractivity (Wildman–Crippen MR) is 92.3 cm³/mol. The fraction of sp³-hybridized carbons (Fsp3) is 0.0588. The van der Waals surface area contributed by atoms with Gasteiger partial charge in [-0.1, -0.05) is 6.07 Å². The van der Waals surface area contributed by atoms with Crippen molar-refractivity contribution in [2.75, 3.05) is 16.4 Å². The van der Waals surface area contributed by atoms with Crippen molar-refractivity contribution < 1.29 is 19.2 Å². The summed E-state index contributed by atoms with van der Waals surface area (Å²) in [6.45, 7) is 1.12. The van der Waals surface area contributed by atoms with Gasteiger partial charge in [-0.15, -0.1) is 0 Å². The SMILES string of the molecule is CC(=O)N(C(=O)C(=O)NC(=O)c1ccc(N)cc1)c1cccc(N)c1. The fourth-order valence-electron chi connectivity index (χ4n) is 2.07. The van der Waals surface area contributed by atoms with Crippen molar-refractivity contribution in [2.24, 2.45) is 0 Å². The number of nitrogens with two attached hydrogens (primary N) is 2. The zero-order valence-corrected chi connectivity index (χ0v) is 13.4. The van der Waals surface area contributed by atoms with Crippen LogP contribution >= 0.6 is 0 Å². The lowest BCUT2D eigenvalue weighted by molar-refractivity contribution is -0.139. The van der Waals surface area contributed by atoms with Gasteiger partial charge in [-0.25, -0.2) is 4.90 Å². The number of nitrogen functional groups attached to an aromatic ring is 2. The maximum atomic E-state index is 12.3. The Bertz CT molecular complexity index is 846. The van der Waals surface area contributed by atoms with Gasteiger partial charge in [-0.2, -0.15) is 0 Å². The zero-order valence-electron chi connectivity index (χ0n) is 13.4. The van der Waals surface area contributed by atoms with Crippen LogP contribution in [0.3, 0.4) is 0 Å². The minimum atomic E-state index is -1.24. The molecule has 0 aliphatic carbocycles. The molecule has 0 radical (unpaired) electrons. The van der Waals surface area contributed by atoms with Gasteiger partial charge in [0.05, 0.1) is 5.69 Å². The number of hydrogen-bond donors (Lipinski definition) is 3. The van der Waals surface area contributed by atoms with E-state index >= 15 is 0 Å². The van der Waals surface area contributed by atoms with Crippen molar-refractivity contribution in [1.29, 1.82) is 0 Å². The predicted octanol–water partition coefficient (Wildman–Crippen LogP) is 0.687. The normalized spacial score (nSPS) is 9.96. The van der Waals surface area contributed by atoms with Crippen molar-refractivity contribution in [2.45, 2.75) is 6.92 Å². The van der Waals surface area contributed by atoms with Gasteiger partial charge in [-0.3, -0.25) is 24.5 Å². The first-order chi connectivity index (χ1) is 11.8. The lowest BCUT2D eigenvalue weighted by Gasteiger charge is -2.18. The highest BCUT2D eigenvalue weighted by atomic mass is 16.2. The monoisotopic (exact) mass is 340 g/mol. The first-order valence-electron chi connectivity index (χ1n) is 7.21. The number of nitrogens with one attached hydrogen (secondary N) is 1. The molecule has 25 heavy (non-hydrogen) atoms. The van der Waals surface area contributed by atoms with Crippen LogP contribution in [0.15, 0.2) is 48.5 Å². The highest BCUT2D eigenvalue weighted by Crippen LogP contribution is 2.18. The number of amides is 4. The Balaban J connectivity index is 2.18. The van der Waals surface area contributed by atoms with Crippen molar-refractivity contribution in [1.82, 2.24) is 5.32 Å². The standard InChI is InChI=1S/C17H16N4O4/c1-10(22)21(14-4-2-3-13(19)9-14)17(25)16(24)20-15(23)11-5-7-12(18)8-6-11/h2-9H,18-19H2,1H3,(H,20,23,24). The highest BCUT2D eigenvalue weighted by Gasteiger charge is 2.28. The summed E-state index contributed by atoms with van der Waals surface area (Å²) in [4.78, 5) is 48.8. The summed E-state index contributed by atoms with van der Waals surface area (Å²) >= 11 is 0. The molecule has 4 amide bonds. The molecule has 0 saturated heterocycles. The lowest BCUT2D eigenvalue weighted by Crippen LogP contribution is -2.47. The Morgan fingerprint density at radius 1 is 0.920 bits per heavy atom. The summed E-state index contributed by atoms with van der Waals surface area (Å²) in [6, 6.07) is 11.7. The van der Waals surface area contributed by atoms with Gasteiger partial charge in [-0.05, 0) is 42.5 Å². The van der Waals surface area contributed by atoms with E-state index in [0.29, 0.717) is 16.3 Å². The number of imide groups is 2. The van der Waals surface area contributed by atoms with E-state index in [1.54, 1.807) is 6.07 Å². The smallest absolute Gasteiger partial charge is 0.323 e. The van der Waals surface area contributed by atoms with Crippen LogP contribution in [-0.2, 0) is 14.4 Å². The number of nitrogens with zero attached hydrogens (tertiary/aromatic N) is 1. The highest BCUT2D eigenvalue weighted by molar-refractivity contribution is 6.47. The molecule has 0 saturated carbocycles. The molecule has 0 bridgehead atoms. The van der Waals surface area contributed by atoms with Gasteiger partial charge in [0.25, 0.3) is 5.91 Å². The molecule has 2 rings (SSSR count). The number of rotatable bonds is 2. The third kappa shape index (κ3) is 4.20. The van der Waals surface area contributed by atoms with E-state index < -0.39 is 23.6 Å². The lowest BCUT2D eigenvalue weighted by atomic mass is 10.2. The molecule has 0 unspecified atom stereocenters. The van der Waals surface area contributed by atoms with Crippen molar-refractivity contribution in [3.8, 4) is 0 Å². The van der Waals surface area contributed by atoms with Crippen molar-refractivity contribution in [3.63, 3.8) is 0 Å². The molecule has 128 valence electrons. The molecular weight excluding hydrogens is 324 g/mol. The second kappa shape index (κ2) is 7.26. The Hall–Kier alpha value is -3.68. The minimum absolute atomic E-state index is 0.132. The summed E-state index contributed by atoms with van der Waals surface area (Å²) in [6.07, 6.45) is 0. The van der Waals surface area contributed by atoms with Crippen LogP contribution in [0.4, 0.5) is 17.1 Å². The first kappa shape index (κ1) is 17.7. The van der Waals surface area contributed by atoms with Gasteiger partial charge >= 0.3 is 11.8 Å². The molecular formula is C17H16N4O4. The van der Waals surface area contributed by atoms with E-state index in [0.717, 1.165) is 6.92 Å². The van der Waals surface area contributed by atoms with Gasteiger partial charge in [0, 0.05) is 23.9 Å². The number of hydrogen-bond acceptors (Lipinski definition) is 6. The number of carbonyl (C=O) groups excluding carboxylic acids is 4. The molecule has 2 aromatic rings. The summed E-state index contributed by atoms with van der Waals surface area (Å²) < 4.78 is 0. The second-order valence-corrected chi connectivity index (χ2v) is 5.16. The van der Waals surface area contributed by atoms with E-state index in [1.807, 2.05) is 5.32 Å². The zero-order chi connectivity index (χ0) is 18.6. The third-order valence-electron chi connectivity index (χ3n) is 3.24. The maximum absolute atomic E-state index is 12.3. The summed E-state index contributed by atoms with van der Waals surface area (Å²) in [5.74, 6) is -3.90. The van der Waals surface area contributed by atoms with Crippen molar-refractivity contribution in [3.05, 3.63) is 54.1 Å². The largest absolute Gasteiger partial charge is 0.399 e. The molecule has 0 atom stereocenters. The van der Waals surface area contributed by atoms with Crippen LogP contribution in [0, 0.1) is 0 Å². The van der Waals surface area contributed by atoms with Gasteiger partial charge in [0.2, 0.25) is 5.91 Å². The van der Waals surface area contributed by atoms with Gasteiger partial charge in [0.15, 0.2) is 0 Å². The Morgan fingerprint density at radius 3 is 2.12 bits per heavy atom. The number of carbonyl (C=O) groups is 4. The van der Waals surface area contributed by atoms with Gasteiger partial charge < -0.3 is 11.5 Å². The van der Waals surface area contributed by atoms with Gasteiger partial charge in [0.1, 0.15) is 0 Å². The molecule has 5 N–H and O–H groups in total. The minimum Gasteiger partial charge on any atom is -0.399 e. The summed E-state index contributed by atoms with van der Waals surface area (Å²) in [7, 11) is 0. The van der Waals surface area contributed by atoms with Crippen LogP contribution in [0.2, 0.25) is 0 Å². The molecule has 2 aromatic carbocycles. The van der Waals surface area contributed by atoms with E-state index in [4.69, 9.17) is 11.5 Å². The molecule has 0 aromatic heterocycles. The van der Waals surface area contributed by atoms with Crippen LogP contribution in [0.25, 0.3) is 0 Å². The Labute approximate surface area is 143 Å². The molecule has 0 aliphatic heterocycles. The van der Waals surface area contributed by atoms with E-state index in [1.165, 1.54) is 42.5 Å². The molecule has 0 spiro atoms. The quantitative estimate of drug-likeness (QED) is 0.543. The topological polar surface area (TPSA) is 136 Å². The Kier molecular flexibility index (Phi) is 5.13. The molecule has 0 fully saturated rings. The molecule has 8 heteroatoms. The van der Waals surface area contributed by atoms with E-state index in [9.17, 15) is 19.2 Å². The van der Waals surface area contributed by atoms with Crippen molar-refractivity contribution >= 4 is 40.7 Å². The molecule has 0 aliphatic rings. The number of benzene rings is 2. The average molecular weight is 340 g/mol. The Morgan fingerprint density at radius 2 is 1.56 bits per heavy atom. The average Bonchev–Trinajstić information content (AvgIpc) is 2.55. The van der Waals surface area contributed by atoms with Crippen LogP contribution in [-0.4, -0.2) is 23.6 Å². The molecule has 0 heterocycles. The second-order valence-electron chi connectivity index (χ2n) is 5.16. The summed E-state index contributed by atoms with van der Waals surface area (Å²) in [5.41, 5.74) is 12.2. The fourth-order valence-corrected chi connectivity index (χ4v) is 2.07. The first-order valence-corrected chi connectivity index (χ1v) is 7.21. The number of anilines is 3. The van der Waals surface area contributed by atoms with Crippen LogP contribution in [0.5, 0.6) is 0 Å². The third-order valence-corrected chi connectivity index (χ3v) is 3.24. The van der Waals surface area contributed by atoms with Crippen LogP contribution in [0.1, 0.15) is 17.3 Å². The maximum Gasteiger partial charge on any atom is 0.323 e. The summed E-state index contributed by atoms with van der Waals surface area (Å²) in [5, 5.41) is 1.94. The van der Waals surface area contributed by atoms with E-state index in [2.05, 4.69) is 0 Å². The molecule has 8 nitrogen and oxygen atoms in total. The van der Waals surface area contributed by atoms with E-state index in [-0.39, 0.29) is 11.3 Å².